The van der Waals surface area contributed by atoms with E-state index in [9.17, 15) is 19.7 Å². The van der Waals surface area contributed by atoms with E-state index in [1.165, 1.54) is 18.2 Å². The molecule has 0 aliphatic heterocycles. The highest BCUT2D eigenvalue weighted by molar-refractivity contribution is 5.99. The summed E-state index contributed by atoms with van der Waals surface area (Å²) in [6.45, 7) is 0.136. The first-order chi connectivity index (χ1) is 10.9. The normalized spacial score (nSPS) is 10.9. The zero-order chi connectivity index (χ0) is 17.4. The molecular formula is C13H12N4O6. The lowest BCUT2D eigenvalue weighted by molar-refractivity contribution is -0.470. The van der Waals surface area contributed by atoms with Crippen molar-refractivity contribution in [3.8, 4) is 0 Å². The van der Waals surface area contributed by atoms with Gasteiger partial charge in [-0.05, 0) is 5.53 Å². The minimum atomic E-state index is -1.03. The average Bonchev–Trinajstić information content (AvgIpc) is 2.50. The van der Waals surface area contributed by atoms with Crippen LogP contribution in [-0.2, 0) is 19.1 Å². The highest BCUT2D eigenvalue weighted by Crippen LogP contribution is 2.30. The van der Waals surface area contributed by atoms with Crippen molar-refractivity contribution in [2.45, 2.75) is 6.92 Å². The van der Waals surface area contributed by atoms with Crippen LogP contribution in [0, 0.1) is 10.1 Å². The van der Waals surface area contributed by atoms with Gasteiger partial charge in [-0.2, -0.15) is 0 Å². The van der Waals surface area contributed by atoms with E-state index in [4.69, 9.17) is 10.3 Å². The van der Waals surface area contributed by atoms with Crippen molar-refractivity contribution in [2.75, 3.05) is 13.7 Å². The third-order valence-corrected chi connectivity index (χ3v) is 2.54. The zero-order valence-electron chi connectivity index (χ0n) is 12.3. The van der Waals surface area contributed by atoms with Gasteiger partial charge in [0.25, 0.3) is 0 Å². The number of benzene rings is 1. The van der Waals surface area contributed by atoms with Crippen molar-refractivity contribution in [1.82, 2.24) is 0 Å². The number of nitro groups is 1. The van der Waals surface area contributed by atoms with Gasteiger partial charge in [-0.1, -0.05) is 29.4 Å². The van der Waals surface area contributed by atoms with E-state index < -0.39 is 29.0 Å². The average molecular weight is 320 g/mol. The van der Waals surface area contributed by atoms with Crippen LogP contribution in [0.2, 0.25) is 0 Å². The molecule has 1 aromatic rings. The molecule has 0 saturated carbocycles. The summed E-state index contributed by atoms with van der Waals surface area (Å²) >= 11 is 0. The van der Waals surface area contributed by atoms with Crippen LogP contribution >= 0.6 is 0 Å². The Hall–Kier alpha value is -3.39. The molecule has 0 radical (unpaired) electrons. The van der Waals surface area contributed by atoms with Crippen LogP contribution in [0.3, 0.4) is 0 Å². The van der Waals surface area contributed by atoms with Crippen LogP contribution in [0.25, 0.3) is 16.2 Å². The van der Waals surface area contributed by atoms with Gasteiger partial charge in [-0.3, -0.25) is 14.9 Å². The summed E-state index contributed by atoms with van der Waals surface area (Å²) in [4.78, 5) is 35.8. The lowest BCUT2D eigenvalue weighted by Crippen LogP contribution is -2.18. The monoisotopic (exact) mass is 320 g/mol. The Bertz CT molecular complexity index is 721. The summed E-state index contributed by atoms with van der Waals surface area (Å²) in [6, 6.07) is 5.87. The molecule has 0 saturated heterocycles. The number of methoxy groups -OCH3 is 1. The van der Waals surface area contributed by atoms with E-state index in [-0.39, 0.29) is 17.0 Å². The molecule has 0 atom stereocenters. The highest BCUT2D eigenvalue weighted by atomic mass is 16.6. The Labute approximate surface area is 130 Å². The Balaban J connectivity index is 3.68. The number of hydrogen-bond donors (Lipinski definition) is 0. The Kier molecular flexibility index (Phi) is 6.26. The highest BCUT2D eigenvalue weighted by Gasteiger charge is 2.26. The van der Waals surface area contributed by atoms with Crippen LogP contribution in [0.4, 0.5) is 5.69 Å². The van der Waals surface area contributed by atoms with E-state index >= 15 is 0 Å². The number of carbonyl (C=O) groups is 2. The van der Waals surface area contributed by atoms with Crippen molar-refractivity contribution in [1.29, 1.82) is 0 Å². The largest absolute Gasteiger partial charge is 0.465 e. The topological polar surface area (TPSA) is 145 Å². The molecule has 1 rings (SSSR count). The van der Waals surface area contributed by atoms with Crippen LogP contribution in [0.5, 0.6) is 0 Å². The summed E-state index contributed by atoms with van der Waals surface area (Å²) in [5.41, 5.74) is 8.20. The molecule has 0 unspecified atom stereocenters. The lowest BCUT2D eigenvalue weighted by atomic mass is 10.1. The number of nitrogens with zero attached hydrogens (tertiary/aromatic N) is 4. The molecular weight excluding hydrogens is 308 g/mol. The van der Waals surface area contributed by atoms with Crippen molar-refractivity contribution >= 4 is 23.4 Å². The number of esters is 2. The first-order valence-corrected chi connectivity index (χ1v) is 6.16. The zero-order valence-corrected chi connectivity index (χ0v) is 12.3. The number of carbonyl (C=O) groups excluding carboxylic acids is 2. The predicted octanol–water partition coefficient (Wildman–Crippen LogP) is 2.35. The molecule has 1 aromatic carbocycles. The van der Waals surface area contributed by atoms with Gasteiger partial charge in [-0.25, -0.2) is 4.79 Å². The van der Waals surface area contributed by atoms with Gasteiger partial charge in [0.05, 0.1) is 7.11 Å². The summed E-state index contributed by atoms with van der Waals surface area (Å²) in [5, 5.41) is 14.2. The predicted molar refractivity (Wildman–Crippen MR) is 77.8 cm³/mol. The molecule has 10 nitrogen and oxygen atoms in total. The standard InChI is InChI=1S/C13H12N4O6/c1-8(18)23-12(10(7-17(20)21)13(19)22-2)9-5-3-4-6-11(9)15-16-14/h3-6H,7H2,1-2H3/b12-10-. The fourth-order valence-electron chi connectivity index (χ4n) is 1.71. The van der Waals surface area contributed by atoms with E-state index in [0.29, 0.717) is 0 Å². The first kappa shape index (κ1) is 17.7. The Morgan fingerprint density at radius 1 is 1.39 bits per heavy atom. The molecule has 0 bridgehead atoms. The fourth-order valence-corrected chi connectivity index (χ4v) is 1.71. The molecule has 120 valence electrons. The molecule has 0 spiro atoms. The lowest BCUT2D eigenvalue weighted by Gasteiger charge is -2.13. The maximum absolute atomic E-state index is 11.8. The van der Waals surface area contributed by atoms with Crippen molar-refractivity contribution < 1.29 is 24.0 Å². The minimum absolute atomic E-state index is 0.0380. The van der Waals surface area contributed by atoms with Gasteiger partial charge in [0.1, 0.15) is 0 Å². The van der Waals surface area contributed by atoms with E-state index in [1.807, 2.05) is 0 Å². The fraction of sp³-hybridized carbons (Fsp3) is 0.231. The van der Waals surface area contributed by atoms with Gasteiger partial charge in [0.2, 0.25) is 6.54 Å². The summed E-state index contributed by atoms with van der Waals surface area (Å²) < 4.78 is 9.46. The van der Waals surface area contributed by atoms with Gasteiger partial charge in [-0.15, -0.1) is 0 Å². The number of rotatable bonds is 6. The summed E-state index contributed by atoms with van der Waals surface area (Å²) in [6.07, 6.45) is 0. The number of azide groups is 1. The van der Waals surface area contributed by atoms with Gasteiger partial charge in [0, 0.05) is 28.0 Å². The molecule has 0 heterocycles. The van der Waals surface area contributed by atoms with Crippen LogP contribution < -0.4 is 0 Å². The maximum Gasteiger partial charge on any atom is 0.344 e. The van der Waals surface area contributed by atoms with Crippen molar-refractivity contribution in [3.63, 3.8) is 0 Å². The first-order valence-electron chi connectivity index (χ1n) is 6.16. The van der Waals surface area contributed by atoms with E-state index in [0.717, 1.165) is 14.0 Å². The van der Waals surface area contributed by atoms with E-state index in [1.54, 1.807) is 6.07 Å². The smallest absolute Gasteiger partial charge is 0.344 e. The minimum Gasteiger partial charge on any atom is -0.465 e. The molecule has 23 heavy (non-hydrogen) atoms. The summed E-state index contributed by atoms with van der Waals surface area (Å²) in [7, 11) is 1.03. The second kappa shape index (κ2) is 8.15. The maximum atomic E-state index is 11.8. The molecule has 0 amide bonds. The van der Waals surface area contributed by atoms with Crippen molar-refractivity contribution in [2.24, 2.45) is 5.11 Å². The number of hydrogen-bond acceptors (Lipinski definition) is 7. The third kappa shape index (κ3) is 4.83. The van der Waals surface area contributed by atoms with Crippen LogP contribution in [0.15, 0.2) is 35.0 Å². The van der Waals surface area contributed by atoms with Gasteiger partial charge < -0.3 is 9.47 Å². The molecule has 0 aromatic heterocycles. The summed E-state index contributed by atoms with van der Waals surface area (Å²) in [5.74, 6) is -2.22. The van der Waals surface area contributed by atoms with Crippen LogP contribution in [-0.4, -0.2) is 30.5 Å². The van der Waals surface area contributed by atoms with E-state index in [2.05, 4.69) is 14.8 Å². The number of ether oxygens (including phenoxy) is 2. The van der Waals surface area contributed by atoms with Crippen molar-refractivity contribution in [3.05, 3.63) is 56.0 Å². The van der Waals surface area contributed by atoms with Gasteiger partial charge in [0.15, 0.2) is 11.3 Å². The Morgan fingerprint density at radius 3 is 2.57 bits per heavy atom. The molecule has 10 heteroatoms. The molecule has 0 aliphatic rings. The molecule has 0 aliphatic carbocycles. The quantitative estimate of drug-likeness (QED) is 0.115. The molecule has 0 fully saturated rings. The second-order valence-electron chi connectivity index (χ2n) is 4.09. The second-order valence-corrected chi connectivity index (χ2v) is 4.09. The third-order valence-electron chi connectivity index (χ3n) is 2.54. The van der Waals surface area contributed by atoms with Crippen LogP contribution in [0.1, 0.15) is 12.5 Å². The van der Waals surface area contributed by atoms with Gasteiger partial charge >= 0.3 is 11.9 Å². The Morgan fingerprint density at radius 2 is 2.04 bits per heavy atom. The SMILES string of the molecule is COC(=O)/C(C[N+](=O)[O-])=C(\OC(C)=O)c1ccccc1N=[N+]=[N-]. The molecule has 0 N–H and O–H groups in total.